The van der Waals surface area contributed by atoms with Gasteiger partial charge in [-0.05, 0) is 49.9 Å². The van der Waals surface area contributed by atoms with Gasteiger partial charge in [0, 0.05) is 12.1 Å². The second-order valence-electron chi connectivity index (χ2n) is 7.51. The number of nitrogens with one attached hydrogen (secondary N) is 2. The molecule has 0 aliphatic heterocycles. The van der Waals surface area contributed by atoms with Gasteiger partial charge in [-0.3, -0.25) is 14.8 Å². The van der Waals surface area contributed by atoms with E-state index in [1.807, 2.05) is 26.8 Å². The van der Waals surface area contributed by atoms with Gasteiger partial charge >= 0.3 is 0 Å². The van der Waals surface area contributed by atoms with E-state index in [2.05, 4.69) is 10.0 Å². The topological polar surface area (TPSA) is 122 Å². The van der Waals surface area contributed by atoms with E-state index in [0.717, 1.165) is 17.2 Å². The first-order valence-electron chi connectivity index (χ1n) is 9.29. The van der Waals surface area contributed by atoms with Crippen LogP contribution in [0.2, 0.25) is 0 Å². The monoisotopic (exact) mass is 421 g/mol. The molecule has 0 saturated carbocycles. The summed E-state index contributed by atoms with van der Waals surface area (Å²) >= 11 is 0. The van der Waals surface area contributed by atoms with Crippen LogP contribution in [-0.4, -0.2) is 31.1 Å². The fourth-order valence-electron chi connectivity index (χ4n) is 3.05. The quantitative estimate of drug-likeness (QED) is 0.418. The van der Waals surface area contributed by atoms with Crippen LogP contribution in [0.5, 0.6) is 0 Å². The molecule has 0 heterocycles. The SMILES string of the molecule is Cc1ccc(NS(=O)(=O)c2ccc(NC(CO)CC(C)C)c([N+](=O)[O-])c2)c(C)c1. The van der Waals surface area contributed by atoms with Crippen LogP contribution in [0.3, 0.4) is 0 Å². The fraction of sp³-hybridized carbons (Fsp3) is 0.400. The zero-order chi connectivity index (χ0) is 21.8. The molecule has 29 heavy (non-hydrogen) atoms. The van der Waals surface area contributed by atoms with Crippen LogP contribution in [0.25, 0.3) is 0 Å². The standard InChI is InChI=1S/C20H27N3O5S/c1-13(2)9-16(12-24)21-19-8-6-17(11-20(19)23(25)26)29(27,28)22-18-7-5-14(3)10-15(18)4/h5-8,10-11,13,16,21-22,24H,9,12H2,1-4H3. The maximum absolute atomic E-state index is 12.8. The molecule has 0 radical (unpaired) electrons. The van der Waals surface area contributed by atoms with Crippen molar-refractivity contribution in [1.82, 2.24) is 0 Å². The number of nitro groups is 1. The highest BCUT2D eigenvalue weighted by Crippen LogP contribution is 2.30. The molecule has 0 saturated heterocycles. The summed E-state index contributed by atoms with van der Waals surface area (Å²) in [7, 11) is -4.01. The maximum Gasteiger partial charge on any atom is 0.293 e. The molecule has 0 bridgehead atoms. The number of hydrogen-bond donors (Lipinski definition) is 3. The van der Waals surface area contributed by atoms with Gasteiger partial charge in [0.2, 0.25) is 0 Å². The van der Waals surface area contributed by atoms with Crippen LogP contribution in [-0.2, 0) is 10.0 Å². The molecule has 9 heteroatoms. The van der Waals surface area contributed by atoms with Crippen LogP contribution in [0.1, 0.15) is 31.4 Å². The van der Waals surface area contributed by atoms with Crippen molar-refractivity contribution in [2.45, 2.75) is 45.1 Å². The summed E-state index contributed by atoms with van der Waals surface area (Å²) < 4.78 is 28.0. The van der Waals surface area contributed by atoms with Gasteiger partial charge in [0.25, 0.3) is 15.7 Å². The van der Waals surface area contributed by atoms with Crippen LogP contribution in [0, 0.1) is 29.9 Å². The van der Waals surface area contributed by atoms with Gasteiger partial charge in [-0.25, -0.2) is 8.42 Å². The van der Waals surface area contributed by atoms with Crippen LogP contribution in [0.15, 0.2) is 41.3 Å². The van der Waals surface area contributed by atoms with Crippen molar-refractivity contribution in [3.8, 4) is 0 Å². The molecule has 0 amide bonds. The largest absolute Gasteiger partial charge is 0.394 e. The van der Waals surface area contributed by atoms with Crippen molar-refractivity contribution in [2.75, 3.05) is 16.6 Å². The third-order valence-corrected chi connectivity index (χ3v) is 5.80. The second kappa shape index (κ2) is 9.23. The number of aliphatic hydroxyl groups is 1. The fourth-order valence-corrected chi connectivity index (χ4v) is 4.20. The molecular weight excluding hydrogens is 394 g/mol. The minimum Gasteiger partial charge on any atom is -0.394 e. The number of rotatable bonds is 9. The molecule has 158 valence electrons. The molecule has 1 atom stereocenters. The van der Waals surface area contributed by atoms with E-state index in [-0.39, 0.29) is 34.8 Å². The molecule has 3 N–H and O–H groups in total. The number of hydrogen-bond acceptors (Lipinski definition) is 6. The minimum atomic E-state index is -4.01. The van der Waals surface area contributed by atoms with E-state index in [4.69, 9.17) is 0 Å². The first-order chi connectivity index (χ1) is 13.5. The summed E-state index contributed by atoms with van der Waals surface area (Å²) in [5, 5.41) is 24.0. The predicted molar refractivity (Wildman–Crippen MR) is 114 cm³/mol. The zero-order valence-corrected chi connectivity index (χ0v) is 17.8. The number of aliphatic hydroxyl groups excluding tert-OH is 1. The molecule has 0 aliphatic carbocycles. The Morgan fingerprint density at radius 2 is 1.76 bits per heavy atom. The Morgan fingerprint density at radius 1 is 1.10 bits per heavy atom. The first kappa shape index (κ1) is 22.6. The van der Waals surface area contributed by atoms with Crippen molar-refractivity contribution < 1.29 is 18.4 Å². The van der Waals surface area contributed by atoms with Gasteiger partial charge in [-0.15, -0.1) is 0 Å². The summed E-state index contributed by atoms with van der Waals surface area (Å²) in [4.78, 5) is 10.7. The Balaban J connectivity index is 2.36. The number of nitrogens with zero attached hydrogens (tertiary/aromatic N) is 1. The highest BCUT2D eigenvalue weighted by atomic mass is 32.2. The highest BCUT2D eigenvalue weighted by molar-refractivity contribution is 7.92. The van der Waals surface area contributed by atoms with Crippen molar-refractivity contribution in [3.05, 3.63) is 57.6 Å². The van der Waals surface area contributed by atoms with Crippen molar-refractivity contribution in [1.29, 1.82) is 0 Å². The van der Waals surface area contributed by atoms with Gasteiger partial charge in [-0.1, -0.05) is 31.5 Å². The molecule has 8 nitrogen and oxygen atoms in total. The molecule has 2 rings (SSSR count). The van der Waals surface area contributed by atoms with Crippen molar-refractivity contribution in [3.63, 3.8) is 0 Å². The van der Waals surface area contributed by atoms with Crippen LogP contribution < -0.4 is 10.0 Å². The maximum atomic E-state index is 12.8. The summed E-state index contributed by atoms with van der Waals surface area (Å²) in [5.41, 5.74) is 1.96. The van der Waals surface area contributed by atoms with Gasteiger partial charge in [0.05, 0.1) is 22.1 Å². The van der Waals surface area contributed by atoms with Crippen LogP contribution in [0.4, 0.5) is 17.1 Å². The lowest BCUT2D eigenvalue weighted by Crippen LogP contribution is -2.26. The molecule has 2 aromatic rings. The minimum absolute atomic E-state index is 0.167. The van der Waals surface area contributed by atoms with E-state index in [1.54, 1.807) is 19.1 Å². The lowest BCUT2D eigenvalue weighted by Gasteiger charge is -2.19. The predicted octanol–water partition coefficient (Wildman–Crippen LogP) is 3.83. The van der Waals surface area contributed by atoms with E-state index in [9.17, 15) is 23.6 Å². The Bertz CT molecular complexity index is 990. The van der Waals surface area contributed by atoms with E-state index >= 15 is 0 Å². The molecule has 0 aromatic heterocycles. The zero-order valence-electron chi connectivity index (χ0n) is 17.0. The summed E-state index contributed by atoms with van der Waals surface area (Å²) in [5.74, 6) is 0.278. The van der Waals surface area contributed by atoms with E-state index in [0.29, 0.717) is 12.1 Å². The van der Waals surface area contributed by atoms with Gasteiger partial charge in [-0.2, -0.15) is 0 Å². The molecule has 0 aliphatic rings. The molecule has 1 unspecified atom stereocenters. The van der Waals surface area contributed by atoms with Gasteiger partial charge in [0.1, 0.15) is 5.69 Å². The number of sulfonamides is 1. The van der Waals surface area contributed by atoms with E-state index in [1.165, 1.54) is 12.1 Å². The van der Waals surface area contributed by atoms with Crippen molar-refractivity contribution in [2.24, 2.45) is 5.92 Å². The first-order valence-corrected chi connectivity index (χ1v) is 10.8. The number of benzene rings is 2. The summed E-state index contributed by atoms with van der Waals surface area (Å²) in [6, 6.07) is 8.61. The number of anilines is 2. The third kappa shape index (κ3) is 5.91. The van der Waals surface area contributed by atoms with E-state index < -0.39 is 14.9 Å². The Morgan fingerprint density at radius 3 is 2.31 bits per heavy atom. The summed E-state index contributed by atoms with van der Waals surface area (Å²) in [6.07, 6.45) is 0.613. The van der Waals surface area contributed by atoms with Crippen LogP contribution >= 0.6 is 0 Å². The summed E-state index contributed by atoms with van der Waals surface area (Å²) in [6.45, 7) is 7.45. The lowest BCUT2D eigenvalue weighted by atomic mass is 10.0. The Kier molecular flexibility index (Phi) is 7.21. The van der Waals surface area contributed by atoms with Crippen molar-refractivity contribution >= 4 is 27.1 Å². The smallest absolute Gasteiger partial charge is 0.293 e. The molecular formula is C20H27N3O5S. The Labute approximate surface area is 171 Å². The number of nitro benzene ring substituents is 1. The number of aryl methyl sites for hydroxylation is 2. The second-order valence-corrected chi connectivity index (χ2v) is 9.20. The molecule has 2 aromatic carbocycles. The highest BCUT2D eigenvalue weighted by Gasteiger charge is 2.23. The Hall–Kier alpha value is -2.65. The van der Waals surface area contributed by atoms with Gasteiger partial charge < -0.3 is 10.4 Å². The molecule has 0 fully saturated rings. The average molecular weight is 422 g/mol. The third-order valence-electron chi connectivity index (χ3n) is 4.44. The normalized spacial score (nSPS) is 12.6. The lowest BCUT2D eigenvalue weighted by molar-refractivity contribution is -0.384. The average Bonchev–Trinajstić information content (AvgIpc) is 2.63. The van der Waals surface area contributed by atoms with Gasteiger partial charge in [0.15, 0.2) is 0 Å². The molecule has 0 spiro atoms.